The van der Waals surface area contributed by atoms with Crippen LogP contribution in [0.4, 0.5) is 0 Å². The fraction of sp³-hybridized carbons (Fsp3) is 0.455. The standard InChI is InChI=1S/C11H14N4S/c12-9-4-1-5-15-11(9)13-10(14-15)7-8-3-2-6-16-8/h2-3,6,9H,1,4-5,7,12H2. The summed E-state index contributed by atoms with van der Waals surface area (Å²) < 4.78 is 1.97. The Labute approximate surface area is 98.1 Å². The molecule has 3 rings (SSSR count). The van der Waals surface area contributed by atoms with Crippen LogP contribution in [0.5, 0.6) is 0 Å². The van der Waals surface area contributed by atoms with Crippen molar-refractivity contribution < 1.29 is 0 Å². The number of nitrogens with zero attached hydrogens (tertiary/aromatic N) is 3. The molecule has 2 aromatic rings. The Morgan fingerprint density at radius 2 is 2.50 bits per heavy atom. The Morgan fingerprint density at radius 3 is 3.25 bits per heavy atom. The molecule has 0 amide bonds. The summed E-state index contributed by atoms with van der Waals surface area (Å²) in [5, 5.41) is 6.59. The van der Waals surface area contributed by atoms with Crippen LogP contribution in [0.3, 0.4) is 0 Å². The van der Waals surface area contributed by atoms with Crippen molar-refractivity contribution in [3.8, 4) is 0 Å². The van der Waals surface area contributed by atoms with Crippen molar-refractivity contribution in [3.63, 3.8) is 0 Å². The Hall–Kier alpha value is -1.20. The van der Waals surface area contributed by atoms with Crippen LogP contribution in [-0.4, -0.2) is 14.8 Å². The average molecular weight is 234 g/mol. The molecule has 0 spiro atoms. The molecule has 2 aromatic heterocycles. The molecule has 0 aromatic carbocycles. The van der Waals surface area contributed by atoms with Gasteiger partial charge < -0.3 is 5.73 Å². The number of thiophene rings is 1. The van der Waals surface area contributed by atoms with Crippen molar-refractivity contribution in [1.29, 1.82) is 0 Å². The van der Waals surface area contributed by atoms with Crippen LogP contribution < -0.4 is 5.73 Å². The zero-order valence-corrected chi connectivity index (χ0v) is 9.78. The maximum atomic E-state index is 6.01. The molecular weight excluding hydrogens is 220 g/mol. The highest BCUT2D eigenvalue weighted by Crippen LogP contribution is 2.21. The molecule has 0 radical (unpaired) electrons. The number of aryl methyl sites for hydroxylation is 1. The minimum atomic E-state index is 0.0679. The van der Waals surface area contributed by atoms with Crippen LogP contribution in [0.2, 0.25) is 0 Å². The Bertz CT molecular complexity index is 474. The molecule has 0 saturated carbocycles. The van der Waals surface area contributed by atoms with Gasteiger partial charge in [-0.1, -0.05) is 6.07 Å². The van der Waals surface area contributed by atoms with E-state index in [0.29, 0.717) is 0 Å². The number of rotatable bonds is 2. The first-order valence-electron chi connectivity index (χ1n) is 5.54. The third-order valence-corrected chi connectivity index (χ3v) is 3.75. The van der Waals surface area contributed by atoms with Crippen LogP contribution in [0, 0.1) is 0 Å². The quantitative estimate of drug-likeness (QED) is 0.860. The van der Waals surface area contributed by atoms with Gasteiger partial charge in [0.05, 0.1) is 6.04 Å². The molecule has 2 N–H and O–H groups in total. The van der Waals surface area contributed by atoms with E-state index in [9.17, 15) is 0 Å². The lowest BCUT2D eigenvalue weighted by molar-refractivity contribution is 0.421. The van der Waals surface area contributed by atoms with E-state index in [1.807, 2.05) is 4.68 Å². The fourth-order valence-electron chi connectivity index (χ4n) is 2.08. The van der Waals surface area contributed by atoms with Gasteiger partial charge in [0.15, 0.2) is 5.82 Å². The summed E-state index contributed by atoms with van der Waals surface area (Å²) in [6.45, 7) is 0.959. The molecule has 1 aliphatic heterocycles. The predicted octanol–water partition coefficient (Wildman–Crippen LogP) is 1.72. The van der Waals surface area contributed by atoms with E-state index in [-0.39, 0.29) is 6.04 Å². The number of aromatic nitrogens is 3. The van der Waals surface area contributed by atoms with Gasteiger partial charge >= 0.3 is 0 Å². The zero-order chi connectivity index (χ0) is 11.0. The average Bonchev–Trinajstić information content (AvgIpc) is 2.88. The predicted molar refractivity (Wildman–Crippen MR) is 63.3 cm³/mol. The van der Waals surface area contributed by atoms with Crippen molar-refractivity contribution in [1.82, 2.24) is 14.8 Å². The van der Waals surface area contributed by atoms with Crippen molar-refractivity contribution in [2.24, 2.45) is 5.73 Å². The van der Waals surface area contributed by atoms with Crippen LogP contribution >= 0.6 is 11.3 Å². The molecule has 84 valence electrons. The highest BCUT2D eigenvalue weighted by atomic mass is 32.1. The second-order valence-electron chi connectivity index (χ2n) is 4.11. The van der Waals surface area contributed by atoms with Crippen LogP contribution in [-0.2, 0) is 13.0 Å². The molecule has 0 bridgehead atoms. The molecule has 1 unspecified atom stereocenters. The van der Waals surface area contributed by atoms with E-state index in [1.54, 1.807) is 11.3 Å². The summed E-state index contributed by atoms with van der Waals surface area (Å²) in [5.74, 6) is 1.85. The number of nitrogens with two attached hydrogens (primary N) is 1. The minimum absolute atomic E-state index is 0.0679. The smallest absolute Gasteiger partial charge is 0.156 e. The fourth-order valence-corrected chi connectivity index (χ4v) is 2.78. The first-order valence-corrected chi connectivity index (χ1v) is 6.42. The monoisotopic (exact) mass is 234 g/mol. The van der Waals surface area contributed by atoms with Crippen LogP contribution in [0.1, 0.15) is 35.4 Å². The first kappa shape index (κ1) is 9.99. The number of fused-ring (bicyclic) bond motifs is 1. The van der Waals surface area contributed by atoms with E-state index in [2.05, 4.69) is 27.6 Å². The third-order valence-electron chi connectivity index (χ3n) is 2.87. The summed E-state index contributed by atoms with van der Waals surface area (Å²) in [5.41, 5.74) is 6.01. The Kier molecular flexibility index (Phi) is 2.49. The second-order valence-corrected chi connectivity index (χ2v) is 5.15. The van der Waals surface area contributed by atoms with Gasteiger partial charge in [0.2, 0.25) is 0 Å². The lowest BCUT2D eigenvalue weighted by Gasteiger charge is -2.17. The van der Waals surface area contributed by atoms with Gasteiger partial charge in [0, 0.05) is 17.8 Å². The Morgan fingerprint density at radius 1 is 1.56 bits per heavy atom. The molecule has 0 saturated heterocycles. The first-order chi connectivity index (χ1) is 7.83. The van der Waals surface area contributed by atoms with Gasteiger partial charge in [-0.2, -0.15) is 5.10 Å². The maximum absolute atomic E-state index is 6.01. The highest BCUT2D eigenvalue weighted by molar-refractivity contribution is 7.09. The lowest BCUT2D eigenvalue weighted by Crippen LogP contribution is -2.22. The molecule has 0 fully saturated rings. The normalized spacial score (nSPS) is 19.7. The molecule has 3 heterocycles. The molecular formula is C11H14N4S. The van der Waals surface area contributed by atoms with E-state index in [0.717, 1.165) is 37.5 Å². The summed E-state index contributed by atoms with van der Waals surface area (Å²) in [7, 11) is 0. The van der Waals surface area contributed by atoms with E-state index in [4.69, 9.17) is 5.73 Å². The van der Waals surface area contributed by atoms with Gasteiger partial charge in [0.25, 0.3) is 0 Å². The lowest BCUT2D eigenvalue weighted by atomic mass is 10.1. The molecule has 16 heavy (non-hydrogen) atoms. The largest absolute Gasteiger partial charge is 0.321 e. The SMILES string of the molecule is NC1CCCn2nc(Cc3cccs3)nc21. The number of hydrogen-bond donors (Lipinski definition) is 1. The van der Waals surface area contributed by atoms with Crippen LogP contribution in [0.25, 0.3) is 0 Å². The molecule has 5 heteroatoms. The van der Waals surface area contributed by atoms with Crippen molar-refractivity contribution in [2.45, 2.75) is 31.8 Å². The van der Waals surface area contributed by atoms with Gasteiger partial charge in [-0.05, 0) is 24.3 Å². The zero-order valence-electron chi connectivity index (χ0n) is 8.97. The van der Waals surface area contributed by atoms with Gasteiger partial charge in [-0.15, -0.1) is 11.3 Å². The highest BCUT2D eigenvalue weighted by Gasteiger charge is 2.20. The van der Waals surface area contributed by atoms with E-state index in [1.165, 1.54) is 4.88 Å². The van der Waals surface area contributed by atoms with Crippen molar-refractivity contribution in [2.75, 3.05) is 0 Å². The van der Waals surface area contributed by atoms with Crippen LogP contribution in [0.15, 0.2) is 17.5 Å². The second kappa shape index (κ2) is 3.99. The molecule has 1 aliphatic rings. The van der Waals surface area contributed by atoms with E-state index >= 15 is 0 Å². The summed E-state index contributed by atoms with van der Waals surface area (Å²) in [4.78, 5) is 5.84. The van der Waals surface area contributed by atoms with Gasteiger partial charge in [-0.25, -0.2) is 9.67 Å². The molecule has 4 nitrogen and oxygen atoms in total. The summed E-state index contributed by atoms with van der Waals surface area (Å²) in [6, 6.07) is 4.24. The van der Waals surface area contributed by atoms with Gasteiger partial charge in [0.1, 0.15) is 5.82 Å². The van der Waals surface area contributed by atoms with E-state index < -0.39 is 0 Å². The summed E-state index contributed by atoms with van der Waals surface area (Å²) in [6.07, 6.45) is 2.96. The minimum Gasteiger partial charge on any atom is -0.321 e. The topological polar surface area (TPSA) is 56.7 Å². The number of hydrogen-bond acceptors (Lipinski definition) is 4. The Balaban J connectivity index is 1.87. The molecule has 1 atom stereocenters. The van der Waals surface area contributed by atoms with Gasteiger partial charge in [-0.3, -0.25) is 0 Å². The summed E-state index contributed by atoms with van der Waals surface area (Å²) >= 11 is 1.74. The van der Waals surface area contributed by atoms with Crippen molar-refractivity contribution >= 4 is 11.3 Å². The van der Waals surface area contributed by atoms with Crippen molar-refractivity contribution in [3.05, 3.63) is 34.0 Å². The maximum Gasteiger partial charge on any atom is 0.156 e. The molecule has 0 aliphatic carbocycles. The third kappa shape index (κ3) is 1.76.